The van der Waals surface area contributed by atoms with E-state index in [1.54, 1.807) is 0 Å². The van der Waals surface area contributed by atoms with Gasteiger partial charge in [0.1, 0.15) is 0 Å². The quantitative estimate of drug-likeness (QED) is 0.206. The first-order chi connectivity index (χ1) is 19.8. The highest BCUT2D eigenvalue weighted by Gasteiger charge is 2.17. The molecule has 0 spiro atoms. The van der Waals surface area contributed by atoms with E-state index < -0.39 is 0 Å². The van der Waals surface area contributed by atoms with Crippen LogP contribution in [-0.2, 0) is 0 Å². The van der Waals surface area contributed by atoms with Crippen LogP contribution in [0.3, 0.4) is 0 Å². The van der Waals surface area contributed by atoms with Crippen molar-refractivity contribution >= 4 is 59.9 Å². The van der Waals surface area contributed by atoms with Crippen molar-refractivity contribution in [2.24, 2.45) is 0 Å². The van der Waals surface area contributed by atoms with Crippen LogP contribution in [0.2, 0.25) is 0 Å². The molecule has 3 aromatic heterocycles. The molecule has 0 aliphatic heterocycles. The first-order valence-corrected chi connectivity index (χ1v) is 13.8. The molecule has 0 N–H and O–H groups in total. The zero-order valence-electron chi connectivity index (χ0n) is 21.8. The monoisotopic (exact) mass is 508 g/mol. The zero-order valence-corrected chi connectivity index (χ0v) is 21.8. The molecule has 0 fully saturated rings. The number of aromatic nitrogens is 2. The van der Waals surface area contributed by atoms with Gasteiger partial charge in [-0.25, -0.2) is 0 Å². The molecular formula is C38H24N2. The number of rotatable bonds is 2. The van der Waals surface area contributed by atoms with Gasteiger partial charge in [0.15, 0.2) is 0 Å². The molecule has 0 unspecified atom stereocenters. The molecular weight excluding hydrogens is 484 g/mol. The highest BCUT2D eigenvalue weighted by Crippen LogP contribution is 2.39. The van der Waals surface area contributed by atoms with E-state index in [1.165, 1.54) is 76.7 Å². The van der Waals surface area contributed by atoms with Crippen LogP contribution in [0.4, 0.5) is 0 Å². The molecule has 3 heterocycles. The Morgan fingerprint density at radius 2 is 0.950 bits per heavy atom. The second-order valence-corrected chi connectivity index (χ2v) is 10.6. The van der Waals surface area contributed by atoms with Gasteiger partial charge in [-0.1, -0.05) is 103 Å². The summed E-state index contributed by atoms with van der Waals surface area (Å²) in [6.07, 6.45) is 0. The zero-order chi connectivity index (χ0) is 26.2. The van der Waals surface area contributed by atoms with E-state index in [1.807, 2.05) is 0 Å². The third-order valence-corrected chi connectivity index (χ3v) is 8.44. The van der Waals surface area contributed by atoms with E-state index in [0.717, 1.165) is 0 Å². The smallest absolute Gasteiger partial charge is 0.0562 e. The van der Waals surface area contributed by atoms with E-state index >= 15 is 0 Å². The van der Waals surface area contributed by atoms with E-state index in [4.69, 9.17) is 0 Å². The fourth-order valence-corrected chi connectivity index (χ4v) is 6.70. The van der Waals surface area contributed by atoms with Crippen molar-refractivity contribution in [1.82, 2.24) is 8.97 Å². The summed E-state index contributed by atoms with van der Waals surface area (Å²) < 4.78 is 4.88. The third kappa shape index (κ3) is 2.93. The number of hydrogen-bond acceptors (Lipinski definition) is 0. The van der Waals surface area contributed by atoms with Gasteiger partial charge in [-0.15, -0.1) is 0 Å². The normalized spacial score (nSPS) is 12.0. The minimum Gasteiger partial charge on any atom is -0.309 e. The number of fused-ring (bicyclic) bond motifs is 11. The first-order valence-electron chi connectivity index (χ1n) is 13.8. The van der Waals surface area contributed by atoms with Gasteiger partial charge in [-0.3, -0.25) is 0 Å². The van der Waals surface area contributed by atoms with E-state index in [-0.39, 0.29) is 0 Å². The number of nitrogens with zero attached hydrogens (tertiary/aromatic N) is 2. The molecule has 2 heteroatoms. The molecule has 0 amide bonds. The fraction of sp³-hybridized carbons (Fsp3) is 0. The lowest BCUT2D eigenvalue weighted by molar-refractivity contribution is 1.18. The lowest BCUT2D eigenvalue weighted by atomic mass is 10.1. The summed E-state index contributed by atoms with van der Waals surface area (Å²) in [6, 6.07) is 53.0. The number of benzene rings is 6. The SMILES string of the molecule is c1ccc(-c2cccc(-n3c4ccccc4c4cc5cc6c7ccccc7c7ccccc7n6c5cc43)c2)cc1. The van der Waals surface area contributed by atoms with Crippen LogP contribution in [0.1, 0.15) is 0 Å². The average molecular weight is 509 g/mol. The second kappa shape index (κ2) is 8.08. The molecule has 0 saturated carbocycles. The summed E-state index contributed by atoms with van der Waals surface area (Å²) in [7, 11) is 0. The summed E-state index contributed by atoms with van der Waals surface area (Å²) in [4.78, 5) is 0. The Hall–Kier alpha value is -5.34. The molecule has 0 atom stereocenters. The van der Waals surface area contributed by atoms with Crippen molar-refractivity contribution in [1.29, 1.82) is 0 Å². The molecule has 9 rings (SSSR count). The van der Waals surface area contributed by atoms with Crippen molar-refractivity contribution in [3.05, 3.63) is 146 Å². The van der Waals surface area contributed by atoms with Crippen LogP contribution >= 0.6 is 0 Å². The first kappa shape index (κ1) is 21.6. The Labute approximate surface area is 230 Å². The molecule has 0 saturated heterocycles. The number of para-hydroxylation sites is 2. The Morgan fingerprint density at radius 3 is 1.75 bits per heavy atom. The molecule has 0 aliphatic rings. The maximum Gasteiger partial charge on any atom is 0.0562 e. The topological polar surface area (TPSA) is 9.34 Å². The second-order valence-electron chi connectivity index (χ2n) is 10.6. The summed E-state index contributed by atoms with van der Waals surface area (Å²) in [5.74, 6) is 0. The minimum absolute atomic E-state index is 1.17. The van der Waals surface area contributed by atoms with Gasteiger partial charge in [-0.2, -0.15) is 0 Å². The summed E-state index contributed by atoms with van der Waals surface area (Å²) in [5.41, 5.74) is 9.77. The van der Waals surface area contributed by atoms with Crippen LogP contribution in [-0.4, -0.2) is 8.97 Å². The van der Waals surface area contributed by atoms with Gasteiger partial charge in [0.05, 0.1) is 27.6 Å². The molecule has 40 heavy (non-hydrogen) atoms. The molecule has 0 aliphatic carbocycles. The average Bonchev–Trinajstić information content (AvgIpc) is 3.56. The summed E-state index contributed by atoms with van der Waals surface area (Å²) in [5, 5.41) is 7.66. The fourth-order valence-electron chi connectivity index (χ4n) is 6.70. The Balaban J connectivity index is 1.43. The predicted molar refractivity (Wildman–Crippen MR) is 170 cm³/mol. The van der Waals surface area contributed by atoms with Crippen molar-refractivity contribution < 1.29 is 0 Å². The Kier molecular flexibility index (Phi) is 4.36. The lowest BCUT2D eigenvalue weighted by Gasteiger charge is -2.11. The van der Waals surface area contributed by atoms with Crippen molar-refractivity contribution in [3.63, 3.8) is 0 Å². The summed E-state index contributed by atoms with van der Waals surface area (Å²) >= 11 is 0. The van der Waals surface area contributed by atoms with Gasteiger partial charge in [0.2, 0.25) is 0 Å². The van der Waals surface area contributed by atoms with Crippen LogP contribution in [0.15, 0.2) is 146 Å². The standard InChI is InChI=1S/C38H24N2/c1-2-11-25(12-3-1)26-13-10-14-28(21-26)39-34-19-8-7-18-32(34)33-22-27-23-37-31-17-5-4-15-29(31)30-16-6-9-20-35(30)40(37)36(27)24-38(33)39/h1-24H. The molecule has 6 aromatic carbocycles. The van der Waals surface area contributed by atoms with Crippen LogP contribution < -0.4 is 0 Å². The van der Waals surface area contributed by atoms with Gasteiger partial charge < -0.3 is 8.97 Å². The highest BCUT2D eigenvalue weighted by molar-refractivity contribution is 6.18. The van der Waals surface area contributed by atoms with E-state index in [2.05, 4.69) is 155 Å². The molecule has 0 radical (unpaired) electrons. The maximum absolute atomic E-state index is 2.45. The van der Waals surface area contributed by atoms with Crippen molar-refractivity contribution in [2.45, 2.75) is 0 Å². The van der Waals surface area contributed by atoms with Crippen molar-refractivity contribution in [3.8, 4) is 16.8 Å². The van der Waals surface area contributed by atoms with Gasteiger partial charge in [0.25, 0.3) is 0 Å². The van der Waals surface area contributed by atoms with Gasteiger partial charge in [-0.05, 0) is 59.0 Å². The Morgan fingerprint density at radius 1 is 0.325 bits per heavy atom. The largest absolute Gasteiger partial charge is 0.309 e. The molecule has 186 valence electrons. The molecule has 0 bridgehead atoms. The van der Waals surface area contributed by atoms with Gasteiger partial charge in [0, 0.05) is 32.6 Å². The van der Waals surface area contributed by atoms with E-state index in [0.29, 0.717) is 0 Å². The van der Waals surface area contributed by atoms with Crippen LogP contribution in [0, 0.1) is 0 Å². The third-order valence-electron chi connectivity index (χ3n) is 8.44. The molecule has 2 nitrogen and oxygen atoms in total. The minimum atomic E-state index is 1.17. The highest BCUT2D eigenvalue weighted by atomic mass is 15.0. The predicted octanol–water partition coefficient (Wildman–Crippen LogP) is 10.2. The van der Waals surface area contributed by atoms with Gasteiger partial charge >= 0.3 is 0 Å². The van der Waals surface area contributed by atoms with Crippen LogP contribution in [0.25, 0.3) is 76.7 Å². The Bertz CT molecular complexity index is 2420. The maximum atomic E-state index is 2.45. The summed E-state index contributed by atoms with van der Waals surface area (Å²) in [6.45, 7) is 0. The number of hydrogen-bond donors (Lipinski definition) is 0. The van der Waals surface area contributed by atoms with Crippen molar-refractivity contribution in [2.75, 3.05) is 0 Å². The van der Waals surface area contributed by atoms with Crippen LogP contribution in [0.5, 0.6) is 0 Å². The number of pyridine rings is 1. The lowest BCUT2D eigenvalue weighted by Crippen LogP contribution is -1.95. The molecule has 9 aromatic rings. The van der Waals surface area contributed by atoms with E-state index in [9.17, 15) is 0 Å².